The maximum atomic E-state index is 3.13. The molecule has 0 nitrogen and oxygen atoms in total. The van der Waals surface area contributed by atoms with Gasteiger partial charge in [-0.3, -0.25) is 0 Å². The maximum absolute atomic E-state index is 3.13. The zero-order chi connectivity index (χ0) is 9.61. The molecule has 0 fully saturated rings. The van der Waals surface area contributed by atoms with E-state index in [4.69, 9.17) is 0 Å². The Morgan fingerprint density at radius 3 is 1.92 bits per heavy atom. The first-order chi connectivity index (χ1) is 5.64. The molecule has 3 atom stereocenters. The summed E-state index contributed by atoms with van der Waals surface area (Å²) in [5, 5.41) is 0. The molecule has 0 N–H and O–H groups in total. The normalized spacial score (nSPS) is 17.5. The van der Waals surface area contributed by atoms with Crippen molar-refractivity contribution in [2.45, 2.75) is 51.9 Å². The largest absolute Gasteiger partial charge is 0.126 e. The second-order valence-electron chi connectivity index (χ2n) is 3.44. The summed E-state index contributed by atoms with van der Waals surface area (Å²) in [4.78, 5) is 0.554. The summed E-state index contributed by atoms with van der Waals surface area (Å²) < 4.78 is 0. The fourth-order valence-corrected chi connectivity index (χ4v) is 4.59. The Labute approximate surface area is 82.3 Å². The van der Waals surface area contributed by atoms with Gasteiger partial charge in [0.15, 0.2) is 0 Å². The molecular weight excluding hydrogens is 182 g/mol. The molecule has 0 aromatic rings. The van der Waals surface area contributed by atoms with Gasteiger partial charge in [-0.05, 0) is 18.5 Å². The van der Waals surface area contributed by atoms with Crippen molar-refractivity contribution in [3.63, 3.8) is 0 Å². The van der Waals surface area contributed by atoms with E-state index < -0.39 is 0 Å². The van der Waals surface area contributed by atoms with E-state index in [9.17, 15) is 0 Å². The third-order valence-corrected chi connectivity index (χ3v) is 6.07. The SMILES string of the molecule is CCPC(P)(CC)C(CC)CC. The van der Waals surface area contributed by atoms with Crippen LogP contribution < -0.4 is 0 Å². The van der Waals surface area contributed by atoms with Crippen LogP contribution in [0.4, 0.5) is 0 Å². The summed E-state index contributed by atoms with van der Waals surface area (Å²) in [7, 11) is 4.25. The quantitative estimate of drug-likeness (QED) is 0.574. The van der Waals surface area contributed by atoms with Crippen LogP contribution in [-0.2, 0) is 0 Å². The summed E-state index contributed by atoms with van der Waals surface area (Å²) in [5.74, 6) is 0.908. The Morgan fingerprint density at radius 2 is 1.67 bits per heavy atom. The third kappa shape index (κ3) is 3.31. The molecule has 0 saturated heterocycles. The van der Waals surface area contributed by atoms with Crippen molar-refractivity contribution in [1.82, 2.24) is 0 Å². The lowest BCUT2D eigenvalue weighted by molar-refractivity contribution is 0.433. The summed E-state index contributed by atoms with van der Waals surface area (Å²) in [5.41, 5.74) is 0. The van der Waals surface area contributed by atoms with Gasteiger partial charge in [-0.15, -0.1) is 17.8 Å². The average molecular weight is 206 g/mol. The molecule has 0 aromatic heterocycles. The van der Waals surface area contributed by atoms with Crippen LogP contribution in [0.2, 0.25) is 0 Å². The Bertz CT molecular complexity index is 110. The molecule has 0 spiro atoms. The minimum absolute atomic E-state index is 0.554. The highest BCUT2D eigenvalue weighted by Crippen LogP contribution is 2.49. The molecule has 0 bridgehead atoms. The smallest absolute Gasteiger partial charge is 0.00464 e. The highest BCUT2D eigenvalue weighted by Gasteiger charge is 2.28. The topological polar surface area (TPSA) is 0 Å². The molecule has 3 unspecified atom stereocenters. The second-order valence-corrected chi connectivity index (χ2v) is 7.04. The van der Waals surface area contributed by atoms with Crippen LogP contribution in [0.15, 0.2) is 0 Å². The molecule has 0 saturated carbocycles. The second kappa shape index (κ2) is 6.33. The van der Waals surface area contributed by atoms with Crippen LogP contribution in [0.5, 0.6) is 0 Å². The van der Waals surface area contributed by atoms with Gasteiger partial charge in [0.2, 0.25) is 0 Å². The third-order valence-electron chi connectivity index (χ3n) is 2.81. The molecule has 0 amide bonds. The monoisotopic (exact) mass is 206 g/mol. The molecule has 0 rings (SSSR count). The molecule has 12 heavy (non-hydrogen) atoms. The number of hydrogen-bond donors (Lipinski definition) is 0. The fraction of sp³-hybridized carbons (Fsp3) is 1.00. The van der Waals surface area contributed by atoms with E-state index in [1.54, 1.807) is 0 Å². The maximum Gasteiger partial charge on any atom is 0.00464 e. The lowest BCUT2D eigenvalue weighted by Gasteiger charge is -2.35. The molecular formula is C10H24P2. The van der Waals surface area contributed by atoms with Crippen molar-refractivity contribution in [2.75, 3.05) is 6.16 Å². The molecule has 0 aliphatic heterocycles. The molecule has 0 heterocycles. The van der Waals surface area contributed by atoms with E-state index in [1.165, 1.54) is 25.4 Å². The standard InChI is InChI=1S/C10H24P2/c1-5-9(6-2)10(11,7-3)12-8-4/h9,12H,5-8,11H2,1-4H3. The van der Waals surface area contributed by atoms with Crippen molar-refractivity contribution >= 4 is 17.8 Å². The Hall–Kier alpha value is 0.860. The highest BCUT2D eigenvalue weighted by atomic mass is 31.1. The average Bonchev–Trinajstić information content (AvgIpc) is 2.07. The van der Waals surface area contributed by atoms with Gasteiger partial charge in [0, 0.05) is 4.90 Å². The van der Waals surface area contributed by atoms with Crippen molar-refractivity contribution in [2.24, 2.45) is 5.92 Å². The zero-order valence-corrected chi connectivity index (χ0v) is 11.1. The Balaban J connectivity index is 4.24. The van der Waals surface area contributed by atoms with Gasteiger partial charge < -0.3 is 0 Å². The predicted octanol–water partition coefficient (Wildman–Crippen LogP) is 4.10. The summed E-state index contributed by atoms with van der Waals surface area (Å²) in [6.45, 7) is 9.27. The van der Waals surface area contributed by atoms with E-state index in [2.05, 4.69) is 36.9 Å². The van der Waals surface area contributed by atoms with E-state index in [1.807, 2.05) is 0 Å². The molecule has 0 aromatic carbocycles. The molecule has 2 heteroatoms. The van der Waals surface area contributed by atoms with Crippen molar-refractivity contribution < 1.29 is 0 Å². The molecule has 0 aliphatic carbocycles. The van der Waals surface area contributed by atoms with E-state index in [0.717, 1.165) is 14.5 Å². The number of hydrogen-bond acceptors (Lipinski definition) is 0. The van der Waals surface area contributed by atoms with Crippen LogP contribution in [-0.4, -0.2) is 11.1 Å². The van der Waals surface area contributed by atoms with Crippen molar-refractivity contribution in [3.05, 3.63) is 0 Å². The van der Waals surface area contributed by atoms with Crippen LogP contribution in [0.25, 0.3) is 0 Å². The lowest BCUT2D eigenvalue weighted by atomic mass is 9.96. The van der Waals surface area contributed by atoms with Crippen LogP contribution in [0.3, 0.4) is 0 Å². The molecule has 0 aliphatic rings. The van der Waals surface area contributed by atoms with E-state index in [-0.39, 0.29) is 0 Å². The Kier molecular flexibility index (Phi) is 6.79. The van der Waals surface area contributed by atoms with E-state index >= 15 is 0 Å². The summed E-state index contributed by atoms with van der Waals surface area (Å²) in [6, 6.07) is 0. The highest BCUT2D eigenvalue weighted by molar-refractivity contribution is 7.51. The first-order valence-electron chi connectivity index (χ1n) is 5.18. The lowest BCUT2D eigenvalue weighted by Crippen LogP contribution is -2.25. The van der Waals surface area contributed by atoms with Gasteiger partial charge in [0.1, 0.15) is 0 Å². The summed E-state index contributed by atoms with van der Waals surface area (Å²) in [6.07, 6.45) is 5.33. The van der Waals surface area contributed by atoms with E-state index in [0.29, 0.717) is 4.90 Å². The number of rotatable bonds is 6. The Morgan fingerprint density at radius 1 is 1.17 bits per heavy atom. The molecule has 74 valence electrons. The molecule has 0 radical (unpaired) electrons. The minimum atomic E-state index is 0.554. The first kappa shape index (κ1) is 12.9. The van der Waals surface area contributed by atoms with Crippen LogP contribution in [0.1, 0.15) is 47.0 Å². The van der Waals surface area contributed by atoms with Gasteiger partial charge in [-0.25, -0.2) is 0 Å². The van der Waals surface area contributed by atoms with Gasteiger partial charge in [-0.1, -0.05) is 40.5 Å². The zero-order valence-electron chi connectivity index (χ0n) is 8.98. The van der Waals surface area contributed by atoms with Gasteiger partial charge >= 0.3 is 0 Å². The van der Waals surface area contributed by atoms with Crippen LogP contribution in [0, 0.1) is 5.92 Å². The van der Waals surface area contributed by atoms with Gasteiger partial charge in [0.25, 0.3) is 0 Å². The first-order valence-corrected chi connectivity index (χ1v) is 6.96. The van der Waals surface area contributed by atoms with Gasteiger partial charge in [-0.2, -0.15) is 0 Å². The van der Waals surface area contributed by atoms with Crippen LogP contribution >= 0.6 is 17.8 Å². The van der Waals surface area contributed by atoms with Crippen molar-refractivity contribution in [1.29, 1.82) is 0 Å². The fourth-order valence-electron chi connectivity index (χ4n) is 1.90. The predicted molar refractivity (Wildman–Crippen MR) is 65.7 cm³/mol. The van der Waals surface area contributed by atoms with Gasteiger partial charge in [0.05, 0.1) is 0 Å². The van der Waals surface area contributed by atoms with Crippen molar-refractivity contribution in [3.8, 4) is 0 Å². The minimum Gasteiger partial charge on any atom is -0.126 e. The summed E-state index contributed by atoms with van der Waals surface area (Å²) >= 11 is 0.